The fourth-order valence-corrected chi connectivity index (χ4v) is 4.05. The standard InChI is InChI=1S/C23H18ClF3N2O3S/c1-15-2-4-16(5-3-15)6-13-22(30)28-17-7-10-19(11-8-17)33(31,32)29-18-9-12-21(24)20(14-18)23(25,26)27/h2-14,29H,1H3,(H,28,30). The first-order valence-electron chi connectivity index (χ1n) is 9.49. The summed E-state index contributed by atoms with van der Waals surface area (Å²) in [5.74, 6) is -0.412. The molecular weight excluding hydrogens is 477 g/mol. The zero-order valence-electron chi connectivity index (χ0n) is 17.2. The van der Waals surface area contributed by atoms with E-state index in [2.05, 4.69) is 10.0 Å². The zero-order chi connectivity index (χ0) is 24.2. The van der Waals surface area contributed by atoms with Gasteiger partial charge in [-0.2, -0.15) is 13.2 Å². The lowest BCUT2D eigenvalue weighted by Crippen LogP contribution is -2.14. The number of sulfonamides is 1. The fourth-order valence-electron chi connectivity index (χ4n) is 2.77. The summed E-state index contributed by atoms with van der Waals surface area (Å²) >= 11 is 5.55. The number of alkyl halides is 3. The quantitative estimate of drug-likeness (QED) is 0.405. The number of hydrogen-bond acceptors (Lipinski definition) is 3. The molecule has 0 saturated heterocycles. The molecule has 3 aromatic rings. The summed E-state index contributed by atoms with van der Waals surface area (Å²) in [5.41, 5.74) is 0.849. The van der Waals surface area contributed by atoms with Crippen molar-refractivity contribution in [3.05, 3.63) is 94.5 Å². The molecule has 0 aliphatic carbocycles. The largest absolute Gasteiger partial charge is 0.417 e. The number of anilines is 2. The second-order valence-electron chi connectivity index (χ2n) is 7.06. The number of amides is 1. The van der Waals surface area contributed by atoms with E-state index in [1.165, 1.54) is 30.3 Å². The number of halogens is 4. The zero-order valence-corrected chi connectivity index (χ0v) is 18.7. The first-order chi connectivity index (χ1) is 15.4. The van der Waals surface area contributed by atoms with Crippen molar-refractivity contribution >= 4 is 45.0 Å². The van der Waals surface area contributed by atoms with Crippen molar-refractivity contribution in [2.45, 2.75) is 18.0 Å². The highest BCUT2D eigenvalue weighted by molar-refractivity contribution is 7.92. The molecule has 0 aromatic heterocycles. The average molecular weight is 495 g/mol. The van der Waals surface area contributed by atoms with Gasteiger partial charge in [0.2, 0.25) is 5.91 Å². The molecule has 0 heterocycles. The molecule has 3 aromatic carbocycles. The van der Waals surface area contributed by atoms with E-state index in [-0.39, 0.29) is 10.6 Å². The van der Waals surface area contributed by atoms with E-state index in [0.29, 0.717) is 11.8 Å². The van der Waals surface area contributed by atoms with Crippen LogP contribution in [-0.4, -0.2) is 14.3 Å². The van der Waals surface area contributed by atoms with Gasteiger partial charge in [0.15, 0.2) is 0 Å². The molecule has 5 nitrogen and oxygen atoms in total. The minimum absolute atomic E-state index is 0.195. The summed E-state index contributed by atoms with van der Waals surface area (Å²) in [6.45, 7) is 1.95. The highest BCUT2D eigenvalue weighted by Gasteiger charge is 2.33. The van der Waals surface area contributed by atoms with Crippen molar-refractivity contribution in [1.29, 1.82) is 0 Å². The average Bonchev–Trinajstić information content (AvgIpc) is 2.74. The van der Waals surface area contributed by atoms with Crippen LogP contribution < -0.4 is 10.0 Å². The SMILES string of the molecule is Cc1ccc(C=CC(=O)Nc2ccc(S(=O)(=O)Nc3ccc(Cl)c(C(F)(F)F)c3)cc2)cc1. The predicted octanol–water partition coefficient (Wildman–Crippen LogP) is 6.12. The molecule has 172 valence electrons. The van der Waals surface area contributed by atoms with Gasteiger partial charge >= 0.3 is 6.18 Å². The van der Waals surface area contributed by atoms with E-state index in [1.54, 1.807) is 6.08 Å². The summed E-state index contributed by atoms with van der Waals surface area (Å²) in [6.07, 6.45) is -1.75. The van der Waals surface area contributed by atoms with Crippen LogP contribution >= 0.6 is 11.6 Å². The van der Waals surface area contributed by atoms with Crippen molar-refractivity contribution in [3.8, 4) is 0 Å². The molecule has 2 N–H and O–H groups in total. The normalized spacial score (nSPS) is 12.0. The Kier molecular flexibility index (Phi) is 7.14. The smallest absolute Gasteiger partial charge is 0.323 e. The molecule has 3 rings (SSSR count). The Morgan fingerprint density at radius 3 is 2.15 bits per heavy atom. The van der Waals surface area contributed by atoms with E-state index >= 15 is 0 Å². The lowest BCUT2D eigenvalue weighted by Gasteiger charge is -2.13. The van der Waals surface area contributed by atoms with Gasteiger partial charge < -0.3 is 5.32 Å². The van der Waals surface area contributed by atoms with Gasteiger partial charge in [-0.05, 0) is 61.0 Å². The Labute approximate surface area is 194 Å². The molecule has 10 heteroatoms. The molecule has 0 atom stereocenters. The molecule has 0 spiro atoms. The second-order valence-corrected chi connectivity index (χ2v) is 9.15. The van der Waals surface area contributed by atoms with E-state index in [1.807, 2.05) is 31.2 Å². The number of carbonyl (C=O) groups excluding carboxylic acids is 1. The van der Waals surface area contributed by atoms with Gasteiger partial charge in [-0.3, -0.25) is 9.52 Å². The van der Waals surface area contributed by atoms with Crippen LogP contribution in [0.1, 0.15) is 16.7 Å². The molecule has 33 heavy (non-hydrogen) atoms. The Hall–Kier alpha value is -3.30. The molecule has 0 bridgehead atoms. The lowest BCUT2D eigenvalue weighted by molar-refractivity contribution is -0.137. The van der Waals surface area contributed by atoms with Crippen molar-refractivity contribution in [2.24, 2.45) is 0 Å². The first kappa shape index (κ1) is 24.3. The summed E-state index contributed by atoms with van der Waals surface area (Å²) in [6, 6.07) is 15.5. The number of hydrogen-bond donors (Lipinski definition) is 2. The van der Waals surface area contributed by atoms with Crippen LogP contribution in [0.15, 0.2) is 77.7 Å². The van der Waals surface area contributed by atoms with E-state index < -0.39 is 32.7 Å². The number of carbonyl (C=O) groups is 1. The van der Waals surface area contributed by atoms with Gasteiger partial charge in [-0.15, -0.1) is 0 Å². The predicted molar refractivity (Wildman–Crippen MR) is 123 cm³/mol. The monoisotopic (exact) mass is 494 g/mol. The number of rotatable bonds is 6. The molecule has 0 aliphatic heterocycles. The summed E-state index contributed by atoms with van der Waals surface area (Å²) < 4.78 is 66.2. The summed E-state index contributed by atoms with van der Waals surface area (Å²) in [4.78, 5) is 11.9. The van der Waals surface area contributed by atoms with Gasteiger partial charge in [0.25, 0.3) is 10.0 Å². The number of nitrogens with one attached hydrogen (secondary N) is 2. The molecular formula is C23H18ClF3N2O3S. The van der Waals surface area contributed by atoms with E-state index in [4.69, 9.17) is 11.6 Å². The minimum Gasteiger partial charge on any atom is -0.323 e. The van der Waals surface area contributed by atoms with Crippen LogP contribution in [0, 0.1) is 6.92 Å². The second kappa shape index (κ2) is 9.68. The van der Waals surface area contributed by atoms with Crippen molar-refractivity contribution in [1.82, 2.24) is 0 Å². The molecule has 0 fully saturated rings. The van der Waals surface area contributed by atoms with Gasteiger partial charge in [0.1, 0.15) is 0 Å². The van der Waals surface area contributed by atoms with E-state index in [9.17, 15) is 26.4 Å². The fraction of sp³-hybridized carbons (Fsp3) is 0.0870. The minimum atomic E-state index is -4.73. The number of aryl methyl sites for hydroxylation is 1. The summed E-state index contributed by atoms with van der Waals surface area (Å²) in [7, 11) is -4.17. The first-order valence-corrected chi connectivity index (χ1v) is 11.4. The van der Waals surface area contributed by atoms with Gasteiger partial charge in [0, 0.05) is 17.5 Å². The van der Waals surface area contributed by atoms with Crippen LogP contribution in [0.4, 0.5) is 24.5 Å². The van der Waals surface area contributed by atoms with Gasteiger partial charge in [-0.25, -0.2) is 8.42 Å². The highest BCUT2D eigenvalue weighted by Crippen LogP contribution is 2.36. The lowest BCUT2D eigenvalue weighted by atomic mass is 10.1. The maximum absolute atomic E-state index is 13.0. The summed E-state index contributed by atoms with van der Waals surface area (Å²) in [5, 5.41) is 2.06. The Balaban J connectivity index is 1.68. The molecule has 0 aliphatic rings. The molecule has 0 saturated carbocycles. The number of benzene rings is 3. The van der Waals surface area contributed by atoms with Crippen molar-refractivity contribution in [2.75, 3.05) is 10.0 Å². The van der Waals surface area contributed by atoms with Crippen molar-refractivity contribution in [3.63, 3.8) is 0 Å². The van der Waals surface area contributed by atoms with E-state index in [0.717, 1.165) is 23.3 Å². The maximum Gasteiger partial charge on any atom is 0.417 e. The third-order valence-electron chi connectivity index (χ3n) is 4.46. The van der Waals surface area contributed by atoms with Crippen LogP contribution in [-0.2, 0) is 21.0 Å². The third kappa shape index (κ3) is 6.59. The Morgan fingerprint density at radius 1 is 0.939 bits per heavy atom. The van der Waals surface area contributed by atoms with Crippen LogP contribution in [0.3, 0.4) is 0 Å². The van der Waals surface area contributed by atoms with Crippen molar-refractivity contribution < 1.29 is 26.4 Å². The Bertz CT molecular complexity index is 1290. The van der Waals surface area contributed by atoms with Gasteiger partial charge in [-0.1, -0.05) is 41.4 Å². The van der Waals surface area contributed by atoms with Gasteiger partial charge in [0.05, 0.1) is 15.5 Å². The molecule has 1 amide bonds. The van der Waals surface area contributed by atoms with Crippen LogP contribution in [0.2, 0.25) is 5.02 Å². The maximum atomic E-state index is 13.0. The topological polar surface area (TPSA) is 75.3 Å². The van der Waals surface area contributed by atoms with Crippen LogP contribution in [0.25, 0.3) is 6.08 Å². The highest BCUT2D eigenvalue weighted by atomic mass is 35.5. The molecule has 0 unspecified atom stereocenters. The Morgan fingerprint density at radius 2 is 1.55 bits per heavy atom. The third-order valence-corrected chi connectivity index (χ3v) is 6.19. The molecule has 0 radical (unpaired) electrons. The van der Waals surface area contributed by atoms with Crippen LogP contribution in [0.5, 0.6) is 0 Å².